The van der Waals surface area contributed by atoms with Gasteiger partial charge in [0.15, 0.2) is 0 Å². The number of benzene rings is 3. The molecule has 0 N–H and O–H groups in total. The second-order valence-electron chi connectivity index (χ2n) is 11.8. The van der Waals surface area contributed by atoms with E-state index in [1.165, 1.54) is 5.56 Å². The zero-order chi connectivity index (χ0) is 30.7. The Morgan fingerprint density at radius 3 is 2.23 bits per heavy atom. The maximum atomic E-state index is 13.1. The van der Waals surface area contributed by atoms with Crippen LogP contribution in [0, 0.1) is 3.57 Å². The molecule has 3 aromatic carbocycles. The number of hydrogen-bond acceptors (Lipinski definition) is 4. The Kier molecular flexibility index (Phi) is 12.2. The van der Waals surface area contributed by atoms with E-state index in [9.17, 15) is 9.59 Å². The van der Waals surface area contributed by atoms with Crippen molar-refractivity contribution in [3.8, 4) is 0 Å². The first-order valence-corrected chi connectivity index (χ1v) is 16.2. The first-order valence-electron chi connectivity index (χ1n) is 15.1. The van der Waals surface area contributed by atoms with Gasteiger partial charge in [0, 0.05) is 48.3 Å². The van der Waals surface area contributed by atoms with E-state index < -0.39 is 0 Å². The van der Waals surface area contributed by atoms with Crippen LogP contribution in [0.3, 0.4) is 0 Å². The number of rotatable bonds is 13. The maximum absolute atomic E-state index is 13.1. The predicted octanol–water partition coefficient (Wildman–Crippen LogP) is 6.93. The molecule has 0 saturated carbocycles. The third kappa shape index (κ3) is 9.66. The molecule has 2 amide bonds. The fraction of sp³-hybridized carbons (Fsp3) is 0.389. The molecule has 1 heterocycles. The van der Waals surface area contributed by atoms with E-state index in [1.807, 2.05) is 77.5 Å². The van der Waals surface area contributed by atoms with Crippen molar-refractivity contribution in [2.24, 2.45) is 0 Å². The topological polar surface area (TPSA) is 53.1 Å². The number of nitrogens with zero attached hydrogens (tertiary/aromatic N) is 3. The summed E-state index contributed by atoms with van der Waals surface area (Å²) in [6.07, 6.45) is 4.62. The van der Waals surface area contributed by atoms with Crippen LogP contribution in [0.15, 0.2) is 97.6 Å². The van der Waals surface area contributed by atoms with Gasteiger partial charge in [-0.15, -0.1) is 6.58 Å². The summed E-state index contributed by atoms with van der Waals surface area (Å²) in [6.45, 7) is 10.3. The molecular weight excluding hydrogens is 649 g/mol. The minimum absolute atomic E-state index is 0.126. The molecular formula is C36H44IN3O3. The normalized spacial score (nSPS) is 15.3. The Balaban J connectivity index is 1.32. The summed E-state index contributed by atoms with van der Waals surface area (Å²) in [5.74, 6) is 0.130. The third-order valence-corrected chi connectivity index (χ3v) is 9.21. The molecule has 1 aliphatic heterocycles. The second kappa shape index (κ2) is 16.1. The number of ether oxygens (including phenoxy) is 1. The molecule has 0 bridgehead atoms. The number of halogens is 1. The van der Waals surface area contributed by atoms with Crippen LogP contribution in [0.25, 0.3) is 0 Å². The van der Waals surface area contributed by atoms with Gasteiger partial charge in [-0.3, -0.25) is 4.79 Å². The van der Waals surface area contributed by atoms with Crippen molar-refractivity contribution in [2.75, 3.05) is 39.8 Å². The molecule has 7 heteroatoms. The summed E-state index contributed by atoms with van der Waals surface area (Å²) in [7, 11) is 1.92. The SMILES string of the molecule is C=CCN(C(=O)OCc1ccc(I)cc1)C1CCN(CCC(C)(CN(C)C(=O)Cc2ccccc2)c2ccccc2)CC1. The van der Waals surface area contributed by atoms with E-state index in [-0.39, 0.29) is 30.1 Å². The van der Waals surface area contributed by atoms with Gasteiger partial charge in [0.25, 0.3) is 0 Å². The first-order chi connectivity index (χ1) is 20.8. The van der Waals surface area contributed by atoms with E-state index >= 15 is 0 Å². The Labute approximate surface area is 270 Å². The van der Waals surface area contributed by atoms with E-state index in [1.54, 1.807) is 6.08 Å². The van der Waals surface area contributed by atoms with E-state index in [2.05, 4.69) is 65.3 Å². The van der Waals surface area contributed by atoms with Gasteiger partial charge in [-0.2, -0.15) is 0 Å². The molecule has 0 radical (unpaired) electrons. The fourth-order valence-electron chi connectivity index (χ4n) is 5.85. The van der Waals surface area contributed by atoms with Crippen LogP contribution in [0.4, 0.5) is 4.79 Å². The Morgan fingerprint density at radius 1 is 0.977 bits per heavy atom. The molecule has 1 unspecified atom stereocenters. The highest BCUT2D eigenvalue weighted by atomic mass is 127. The van der Waals surface area contributed by atoms with Gasteiger partial charge in [-0.25, -0.2) is 4.79 Å². The molecule has 6 nitrogen and oxygen atoms in total. The lowest BCUT2D eigenvalue weighted by Gasteiger charge is -2.40. The average molecular weight is 694 g/mol. The largest absolute Gasteiger partial charge is 0.445 e. The van der Waals surface area contributed by atoms with Crippen LogP contribution < -0.4 is 0 Å². The lowest BCUT2D eigenvalue weighted by Crippen LogP contribution is -2.49. The number of piperidine rings is 1. The molecule has 0 aliphatic carbocycles. The number of amides is 2. The fourth-order valence-corrected chi connectivity index (χ4v) is 6.21. The summed E-state index contributed by atoms with van der Waals surface area (Å²) in [5, 5.41) is 0. The van der Waals surface area contributed by atoms with Crippen molar-refractivity contribution < 1.29 is 14.3 Å². The molecule has 4 rings (SSSR count). The van der Waals surface area contributed by atoms with Crippen molar-refractivity contribution in [3.63, 3.8) is 0 Å². The van der Waals surface area contributed by atoms with Crippen LogP contribution in [0.1, 0.15) is 42.9 Å². The summed E-state index contributed by atoms with van der Waals surface area (Å²) in [4.78, 5) is 32.4. The molecule has 43 heavy (non-hydrogen) atoms. The van der Waals surface area contributed by atoms with Gasteiger partial charge in [0.1, 0.15) is 6.61 Å². The molecule has 3 aromatic rings. The zero-order valence-electron chi connectivity index (χ0n) is 25.5. The Bertz CT molecular complexity index is 1310. The summed E-state index contributed by atoms with van der Waals surface area (Å²) in [5.41, 5.74) is 3.08. The molecule has 0 aromatic heterocycles. The van der Waals surface area contributed by atoms with Crippen LogP contribution in [-0.4, -0.2) is 72.5 Å². The van der Waals surface area contributed by atoms with E-state index in [4.69, 9.17) is 4.74 Å². The second-order valence-corrected chi connectivity index (χ2v) is 13.0. The number of carbonyl (C=O) groups excluding carboxylic acids is 2. The van der Waals surface area contributed by atoms with Crippen LogP contribution >= 0.6 is 22.6 Å². The average Bonchev–Trinajstić information content (AvgIpc) is 3.03. The smallest absolute Gasteiger partial charge is 0.410 e. The van der Waals surface area contributed by atoms with Gasteiger partial charge in [-0.1, -0.05) is 85.8 Å². The molecule has 1 atom stereocenters. The summed E-state index contributed by atoms with van der Waals surface area (Å²) < 4.78 is 6.84. The van der Waals surface area contributed by atoms with Gasteiger partial charge < -0.3 is 19.4 Å². The van der Waals surface area contributed by atoms with Crippen LogP contribution in [0.5, 0.6) is 0 Å². The first kappa shape index (κ1) is 32.7. The standard InChI is InChI=1S/C36H44IN3O3/c1-4-22-40(35(42)43-27-30-15-17-32(37)18-16-30)33-19-23-39(24-20-33)25-21-36(2,31-13-9-6-10-14-31)28-38(3)34(41)26-29-11-7-5-8-12-29/h4-18,33H,1,19-28H2,2-3H3. The number of carbonyl (C=O) groups is 2. The zero-order valence-corrected chi connectivity index (χ0v) is 27.6. The molecule has 228 valence electrons. The maximum Gasteiger partial charge on any atom is 0.410 e. The highest BCUT2D eigenvalue weighted by Gasteiger charge is 2.32. The van der Waals surface area contributed by atoms with Gasteiger partial charge in [0.05, 0.1) is 6.42 Å². The third-order valence-electron chi connectivity index (χ3n) is 8.49. The van der Waals surface area contributed by atoms with Gasteiger partial charge in [-0.05, 0) is 77.2 Å². The highest BCUT2D eigenvalue weighted by Crippen LogP contribution is 2.30. The van der Waals surface area contributed by atoms with E-state index in [0.29, 0.717) is 19.5 Å². The van der Waals surface area contributed by atoms with Crippen molar-refractivity contribution >= 4 is 34.6 Å². The molecule has 1 saturated heterocycles. The lowest BCUT2D eigenvalue weighted by molar-refractivity contribution is -0.130. The molecule has 1 fully saturated rings. The van der Waals surface area contributed by atoms with Crippen LogP contribution in [-0.2, 0) is 28.0 Å². The van der Waals surface area contributed by atoms with Crippen molar-refractivity contribution in [1.29, 1.82) is 0 Å². The monoisotopic (exact) mass is 693 g/mol. The minimum Gasteiger partial charge on any atom is -0.445 e. The quantitative estimate of drug-likeness (QED) is 0.144. The van der Waals surface area contributed by atoms with Crippen molar-refractivity contribution in [2.45, 2.75) is 50.7 Å². The minimum atomic E-state index is -0.281. The van der Waals surface area contributed by atoms with Crippen LogP contribution in [0.2, 0.25) is 0 Å². The molecule has 1 aliphatic rings. The van der Waals surface area contributed by atoms with Crippen molar-refractivity contribution in [1.82, 2.24) is 14.7 Å². The Hall–Kier alpha value is -3.17. The highest BCUT2D eigenvalue weighted by molar-refractivity contribution is 14.1. The number of hydrogen-bond donors (Lipinski definition) is 0. The lowest BCUT2D eigenvalue weighted by atomic mass is 9.78. The predicted molar refractivity (Wildman–Crippen MR) is 182 cm³/mol. The van der Waals surface area contributed by atoms with Gasteiger partial charge >= 0.3 is 6.09 Å². The summed E-state index contributed by atoms with van der Waals surface area (Å²) in [6, 6.07) is 28.6. The van der Waals surface area contributed by atoms with Gasteiger partial charge in [0.2, 0.25) is 5.91 Å². The summed E-state index contributed by atoms with van der Waals surface area (Å²) >= 11 is 2.27. The van der Waals surface area contributed by atoms with E-state index in [0.717, 1.165) is 53.6 Å². The Morgan fingerprint density at radius 2 is 1.60 bits per heavy atom. The number of likely N-dealkylation sites (N-methyl/N-ethyl adjacent to an activating group) is 1. The van der Waals surface area contributed by atoms with Crippen molar-refractivity contribution in [3.05, 3.63) is 118 Å². The number of likely N-dealkylation sites (tertiary alicyclic amines) is 1. The molecule has 0 spiro atoms.